The molecular weight excluding hydrogens is 483 g/mol. The van der Waals surface area contributed by atoms with E-state index in [0.717, 1.165) is 44.2 Å². The van der Waals surface area contributed by atoms with Gasteiger partial charge in [-0.15, -0.1) is 35.3 Å². The topological polar surface area (TPSA) is 48.9 Å². The molecule has 0 bridgehead atoms. The van der Waals surface area contributed by atoms with Gasteiger partial charge in [0.2, 0.25) is 0 Å². The van der Waals surface area contributed by atoms with Gasteiger partial charge >= 0.3 is 0 Å². The number of benzene rings is 1. The minimum Gasteiger partial charge on any atom is -0.492 e. The van der Waals surface area contributed by atoms with Crippen LogP contribution in [0.2, 0.25) is 0 Å². The lowest BCUT2D eigenvalue weighted by atomic mass is 10.1. The molecule has 0 spiro atoms. The Morgan fingerprint density at radius 1 is 1.25 bits per heavy atom. The molecule has 0 saturated carbocycles. The van der Waals surface area contributed by atoms with E-state index >= 15 is 0 Å². The van der Waals surface area contributed by atoms with Crippen LogP contribution in [0.1, 0.15) is 25.3 Å². The molecule has 0 atom stereocenters. The lowest BCUT2D eigenvalue weighted by Gasteiger charge is -2.33. The summed E-state index contributed by atoms with van der Waals surface area (Å²) in [7, 11) is 0. The number of aliphatic imine (C=N–C) groups is 1. The van der Waals surface area contributed by atoms with Gasteiger partial charge in [0, 0.05) is 25.7 Å². The molecule has 1 aliphatic rings. The second-order valence-corrected chi connectivity index (χ2v) is 7.71. The number of anilines is 1. The lowest BCUT2D eigenvalue weighted by Crippen LogP contribution is -2.48. The minimum atomic E-state index is 0. The molecule has 1 aliphatic heterocycles. The Kier molecular flexibility index (Phi) is 9.91. The number of nitrogens with zero attached hydrogens (tertiary/aromatic N) is 2. The van der Waals surface area contributed by atoms with E-state index in [1.54, 1.807) is 0 Å². The quantitative estimate of drug-likeness (QED) is 0.251. The normalized spacial score (nSPS) is 15.1. The molecule has 0 amide bonds. The molecule has 1 aromatic carbocycles. The van der Waals surface area contributed by atoms with E-state index in [0.29, 0.717) is 19.2 Å². The summed E-state index contributed by atoms with van der Waals surface area (Å²) in [6, 6.07) is 12.9. The van der Waals surface area contributed by atoms with E-state index in [1.165, 1.54) is 10.6 Å². The van der Waals surface area contributed by atoms with Gasteiger partial charge in [-0.1, -0.05) is 12.1 Å². The van der Waals surface area contributed by atoms with Crippen LogP contribution in [0.15, 0.2) is 46.8 Å². The Bertz CT molecular complexity index is 715. The van der Waals surface area contributed by atoms with E-state index in [1.807, 2.05) is 23.5 Å². The van der Waals surface area contributed by atoms with E-state index in [4.69, 9.17) is 4.74 Å². The highest BCUT2D eigenvalue weighted by Gasteiger charge is 2.20. The number of hydrogen-bond acceptors (Lipinski definition) is 4. The standard InChI is InChI=1S/C21H30N4OS.HI/c1-3-22-21(23-11-14-26-19-7-4-6-17(2)16-19)24-18-9-12-25(13-10-18)20-8-5-15-27-20;/h4-8,15-16,18H,3,9-14H2,1-2H3,(H2,22,23,24);1H. The fourth-order valence-corrected chi connectivity index (χ4v) is 4.02. The second kappa shape index (κ2) is 12.2. The zero-order chi connectivity index (χ0) is 18.9. The SMILES string of the molecule is CCNC(=NCCOc1cccc(C)c1)NC1CCN(c2cccs2)CC1.I. The van der Waals surface area contributed by atoms with Crippen LogP contribution in [0.3, 0.4) is 0 Å². The summed E-state index contributed by atoms with van der Waals surface area (Å²) in [5, 5.41) is 10.5. The molecule has 154 valence electrons. The molecule has 1 aromatic heterocycles. The summed E-state index contributed by atoms with van der Waals surface area (Å²) in [6.07, 6.45) is 2.25. The van der Waals surface area contributed by atoms with Crippen molar-refractivity contribution < 1.29 is 4.74 Å². The summed E-state index contributed by atoms with van der Waals surface area (Å²) in [5.74, 6) is 1.80. The highest BCUT2D eigenvalue weighted by atomic mass is 127. The maximum absolute atomic E-state index is 5.79. The Morgan fingerprint density at radius 3 is 2.75 bits per heavy atom. The molecule has 0 aliphatic carbocycles. The van der Waals surface area contributed by atoms with Crippen LogP contribution in [0.5, 0.6) is 5.75 Å². The second-order valence-electron chi connectivity index (χ2n) is 6.78. The minimum absolute atomic E-state index is 0. The number of hydrogen-bond donors (Lipinski definition) is 2. The molecular formula is C21H31IN4OS. The van der Waals surface area contributed by atoms with Crippen LogP contribution in [0.25, 0.3) is 0 Å². The van der Waals surface area contributed by atoms with Crippen molar-refractivity contribution in [2.45, 2.75) is 32.7 Å². The molecule has 3 rings (SSSR count). The summed E-state index contributed by atoms with van der Waals surface area (Å²) in [5.41, 5.74) is 1.21. The zero-order valence-corrected chi connectivity index (χ0v) is 19.8. The maximum Gasteiger partial charge on any atom is 0.191 e. The Morgan fingerprint density at radius 2 is 2.07 bits per heavy atom. The summed E-state index contributed by atoms with van der Waals surface area (Å²) >= 11 is 1.82. The Hall–Kier alpha value is -1.48. The number of aryl methyl sites for hydroxylation is 1. The van der Waals surface area contributed by atoms with Crippen molar-refractivity contribution in [2.75, 3.05) is 37.7 Å². The fraction of sp³-hybridized carbons (Fsp3) is 0.476. The van der Waals surface area contributed by atoms with Gasteiger partial charge < -0.3 is 20.3 Å². The summed E-state index contributed by atoms with van der Waals surface area (Å²) in [6.45, 7) is 8.43. The highest BCUT2D eigenvalue weighted by Crippen LogP contribution is 2.24. The molecule has 2 heterocycles. The van der Waals surface area contributed by atoms with Crippen LogP contribution in [0.4, 0.5) is 5.00 Å². The van der Waals surface area contributed by atoms with E-state index in [2.05, 4.69) is 64.0 Å². The maximum atomic E-state index is 5.79. The first-order valence-electron chi connectivity index (χ1n) is 9.77. The Balaban J connectivity index is 0.00000280. The molecule has 0 unspecified atom stereocenters. The van der Waals surface area contributed by atoms with Crippen molar-refractivity contribution in [3.8, 4) is 5.75 Å². The van der Waals surface area contributed by atoms with Gasteiger partial charge in [-0.25, -0.2) is 4.99 Å². The van der Waals surface area contributed by atoms with Crippen LogP contribution >= 0.6 is 35.3 Å². The van der Waals surface area contributed by atoms with Crippen molar-refractivity contribution in [3.05, 3.63) is 47.3 Å². The molecule has 5 nitrogen and oxygen atoms in total. The van der Waals surface area contributed by atoms with Gasteiger partial charge in [0.1, 0.15) is 12.4 Å². The van der Waals surface area contributed by atoms with Gasteiger partial charge in [0.25, 0.3) is 0 Å². The van der Waals surface area contributed by atoms with E-state index < -0.39 is 0 Å². The third-order valence-corrected chi connectivity index (χ3v) is 5.55. The van der Waals surface area contributed by atoms with Gasteiger partial charge in [0.15, 0.2) is 5.96 Å². The van der Waals surface area contributed by atoms with Crippen LogP contribution in [0, 0.1) is 6.92 Å². The van der Waals surface area contributed by atoms with Gasteiger partial charge in [0.05, 0.1) is 11.5 Å². The number of rotatable bonds is 7. The predicted octanol–water partition coefficient (Wildman–Crippen LogP) is 4.28. The number of piperidine rings is 1. The molecule has 1 fully saturated rings. The van der Waals surface area contributed by atoms with E-state index in [-0.39, 0.29) is 24.0 Å². The van der Waals surface area contributed by atoms with Crippen LogP contribution in [-0.4, -0.2) is 44.8 Å². The fourth-order valence-electron chi connectivity index (χ4n) is 3.23. The largest absolute Gasteiger partial charge is 0.492 e. The number of nitrogens with one attached hydrogen (secondary N) is 2. The molecule has 28 heavy (non-hydrogen) atoms. The van der Waals surface area contributed by atoms with Crippen molar-refractivity contribution in [3.63, 3.8) is 0 Å². The third-order valence-electron chi connectivity index (χ3n) is 4.62. The first kappa shape index (κ1) is 22.8. The average Bonchev–Trinajstić information content (AvgIpc) is 3.21. The highest BCUT2D eigenvalue weighted by molar-refractivity contribution is 14.0. The lowest BCUT2D eigenvalue weighted by molar-refractivity contribution is 0.328. The average molecular weight is 514 g/mol. The molecule has 7 heteroatoms. The Labute approximate surface area is 189 Å². The van der Waals surface area contributed by atoms with E-state index in [9.17, 15) is 0 Å². The van der Waals surface area contributed by atoms with Gasteiger partial charge in [-0.2, -0.15) is 0 Å². The van der Waals surface area contributed by atoms with Crippen molar-refractivity contribution in [1.29, 1.82) is 0 Å². The molecule has 1 saturated heterocycles. The predicted molar refractivity (Wildman–Crippen MR) is 131 cm³/mol. The first-order valence-corrected chi connectivity index (χ1v) is 10.7. The number of ether oxygens (including phenoxy) is 1. The molecule has 2 aromatic rings. The number of thiophene rings is 1. The number of guanidine groups is 1. The molecule has 0 radical (unpaired) electrons. The molecule has 2 N–H and O–H groups in total. The van der Waals surface area contributed by atoms with Crippen LogP contribution in [-0.2, 0) is 0 Å². The van der Waals surface area contributed by atoms with Crippen molar-refractivity contribution >= 4 is 46.3 Å². The first-order chi connectivity index (χ1) is 13.2. The monoisotopic (exact) mass is 514 g/mol. The number of halogens is 1. The zero-order valence-electron chi connectivity index (χ0n) is 16.7. The third kappa shape index (κ3) is 7.16. The van der Waals surface area contributed by atoms with Crippen LogP contribution < -0.4 is 20.3 Å². The van der Waals surface area contributed by atoms with Gasteiger partial charge in [-0.05, 0) is 61.9 Å². The smallest absolute Gasteiger partial charge is 0.191 e. The van der Waals surface area contributed by atoms with Gasteiger partial charge in [-0.3, -0.25) is 0 Å². The van der Waals surface area contributed by atoms with Crippen molar-refractivity contribution in [2.24, 2.45) is 4.99 Å². The van der Waals surface area contributed by atoms with Crippen molar-refractivity contribution in [1.82, 2.24) is 10.6 Å². The summed E-state index contributed by atoms with van der Waals surface area (Å²) in [4.78, 5) is 7.15. The summed E-state index contributed by atoms with van der Waals surface area (Å²) < 4.78 is 5.79.